The van der Waals surface area contributed by atoms with Gasteiger partial charge in [-0.1, -0.05) is 140 Å². The molecule has 0 bridgehead atoms. The van der Waals surface area contributed by atoms with Crippen LogP contribution in [0, 0.1) is 29.6 Å². The molecule has 0 fully saturated rings. The van der Waals surface area contributed by atoms with Gasteiger partial charge in [0.25, 0.3) is 10.1 Å². The Balaban J connectivity index is 1.36. The second-order valence-electron chi connectivity index (χ2n) is 20.1. The lowest BCUT2D eigenvalue weighted by Crippen LogP contribution is -2.54. The van der Waals surface area contributed by atoms with E-state index in [0.717, 1.165) is 42.5 Å². The van der Waals surface area contributed by atoms with E-state index in [1.165, 1.54) is 24.3 Å². The van der Waals surface area contributed by atoms with Crippen LogP contribution in [0.5, 0.6) is 17.2 Å². The van der Waals surface area contributed by atoms with Crippen molar-refractivity contribution in [1.29, 1.82) is 10.5 Å². The fraction of sp³-hybridized carbons (Fsp3) is 0.316. The molecule has 1 unspecified atom stereocenters. The zero-order valence-electron chi connectivity index (χ0n) is 41.4. The molecule has 0 heterocycles. The van der Waals surface area contributed by atoms with Crippen LogP contribution in [0.2, 0.25) is 0 Å². The molecule has 0 saturated carbocycles. The Labute approximate surface area is 416 Å². The standard InChI is InChI=1S/C57H54F6N2O6S/c1-11-54(10,71-49-20-12-15-35(2)44(49)33-64)37-21-23-38(24-22-37)55(56(58,59)60,57(61,62)63)39-25-28-41(29-26-39)70-48-19-14-18-47(45(48)34-65)53(8,9)52(6,7)40-27-30-46(51(3,4)5)43(32-40)50(66)36-16-13-17-42(31-36)72(67,68)69/h12-32H,11H2,1-10H3,(H,67,68,69). The minimum absolute atomic E-state index is 0.0217. The van der Waals surface area contributed by atoms with Crippen molar-refractivity contribution in [1.82, 2.24) is 0 Å². The van der Waals surface area contributed by atoms with Gasteiger partial charge in [-0.25, -0.2) is 0 Å². The van der Waals surface area contributed by atoms with E-state index in [1.54, 1.807) is 57.2 Å². The minimum atomic E-state index is -5.89. The molecule has 6 aromatic carbocycles. The number of hydrogen-bond acceptors (Lipinski definition) is 7. The molecule has 0 aromatic heterocycles. The number of nitrogens with zero attached hydrogens (tertiary/aromatic N) is 2. The summed E-state index contributed by atoms with van der Waals surface area (Å²) in [6, 6.07) is 31.8. The minimum Gasteiger partial charge on any atom is -0.481 e. The van der Waals surface area contributed by atoms with Crippen molar-refractivity contribution in [2.24, 2.45) is 0 Å². The number of carbonyl (C=O) groups is 1. The lowest BCUT2D eigenvalue weighted by Gasteiger charge is -2.44. The molecule has 0 radical (unpaired) electrons. The number of rotatable bonds is 14. The van der Waals surface area contributed by atoms with E-state index in [0.29, 0.717) is 34.4 Å². The van der Waals surface area contributed by atoms with Crippen LogP contribution in [-0.2, 0) is 37.4 Å². The number of nitriles is 2. The fourth-order valence-corrected chi connectivity index (χ4v) is 9.61. The third-order valence-electron chi connectivity index (χ3n) is 14.2. The molecule has 8 nitrogen and oxygen atoms in total. The number of ether oxygens (including phenoxy) is 2. The lowest BCUT2D eigenvalue weighted by molar-refractivity contribution is -0.288. The Hall–Kier alpha value is -6.94. The first-order valence-corrected chi connectivity index (χ1v) is 24.3. The van der Waals surface area contributed by atoms with E-state index < -0.39 is 71.5 Å². The van der Waals surface area contributed by atoms with E-state index in [1.807, 2.05) is 60.6 Å². The van der Waals surface area contributed by atoms with Gasteiger partial charge >= 0.3 is 12.4 Å². The summed E-state index contributed by atoms with van der Waals surface area (Å²) in [5.41, 5.74) is -7.02. The monoisotopic (exact) mass is 1010 g/mol. The van der Waals surface area contributed by atoms with Gasteiger partial charge in [-0.15, -0.1) is 0 Å². The first-order valence-electron chi connectivity index (χ1n) is 22.8. The highest BCUT2D eigenvalue weighted by molar-refractivity contribution is 7.85. The maximum Gasteiger partial charge on any atom is 0.411 e. The number of alkyl halides is 6. The number of ketones is 1. The quantitative estimate of drug-likeness (QED) is 0.0647. The van der Waals surface area contributed by atoms with E-state index >= 15 is 26.3 Å². The molecule has 376 valence electrons. The fourth-order valence-electron chi connectivity index (χ4n) is 9.08. The maximum absolute atomic E-state index is 15.4. The van der Waals surface area contributed by atoms with E-state index in [2.05, 4.69) is 12.1 Å². The average molecular weight is 1010 g/mol. The highest BCUT2D eigenvalue weighted by Gasteiger charge is 2.72. The zero-order chi connectivity index (χ0) is 53.6. The summed E-state index contributed by atoms with van der Waals surface area (Å²) in [5, 5.41) is 20.4. The number of carbonyl (C=O) groups excluding carboxylic acids is 1. The van der Waals surface area contributed by atoms with E-state index in [4.69, 9.17) is 9.47 Å². The molecule has 15 heteroatoms. The molecule has 6 aromatic rings. The van der Waals surface area contributed by atoms with Gasteiger partial charge in [-0.05, 0) is 113 Å². The summed E-state index contributed by atoms with van der Waals surface area (Å²) < 4.78 is 138. The maximum atomic E-state index is 15.4. The van der Waals surface area contributed by atoms with Gasteiger partial charge in [-0.2, -0.15) is 45.3 Å². The van der Waals surface area contributed by atoms with Crippen LogP contribution in [0.3, 0.4) is 0 Å². The van der Waals surface area contributed by atoms with Gasteiger partial charge in [-0.3, -0.25) is 9.35 Å². The van der Waals surface area contributed by atoms with Crippen LogP contribution in [0.15, 0.2) is 132 Å². The molecule has 0 saturated heterocycles. The molecular formula is C57H54F6N2O6S. The number of hydrogen-bond donors (Lipinski definition) is 1. The van der Waals surface area contributed by atoms with Gasteiger partial charge in [0, 0.05) is 16.5 Å². The molecule has 0 aliphatic heterocycles. The third-order valence-corrected chi connectivity index (χ3v) is 15.1. The van der Waals surface area contributed by atoms with Crippen molar-refractivity contribution < 1.29 is 53.6 Å². The summed E-state index contributed by atoms with van der Waals surface area (Å²) in [6.07, 6.45) is -11.5. The molecule has 0 aliphatic carbocycles. The van der Waals surface area contributed by atoms with Crippen molar-refractivity contribution in [2.75, 3.05) is 0 Å². The van der Waals surface area contributed by atoms with E-state index in [9.17, 15) is 28.3 Å². The predicted octanol–water partition coefficient (Wildman–Crippen LogP) is 14.7. The summed E-state index contributed by atoms with van der Waals surface area (Å²) in [5.74, 6) is -0.448. The second kappa shape index (κ2) is 19.2. The molecule has 0 aliphatic rings. The van der Waals surface area contributed by atoms with Crippen molar-refractivity contribution >= 4 is 15.9 Å². The van der Waals surface area contributed by atoms with Gasteiger partial charge in [0.2, 0.25) is 5.41 Å². The Kier molecular flexibility index (Phi) is 14.5. The molecule has 1 atom stereocenters. The van der Waals surface area contributed by atoms with Crippen molar-refractivity contribution in [3.8, 4) is 29.4 Å². The average Bonchev–Trinajstić information content (AvgIpc) is 3.30. The van der Waals surface area contributed by atoms with Crippen LogP contribution < -0.4 is 9.47 Å². The summed E-state index contributed by atoms with van der Waals surface area (Å²) >= 11 is 0. The SMILES string of the molecule is CCC(C)(Oc1cccc(C)c1C#N)c1ccc(C(c2ccc(Oc3cccc(C(C)(C)C(C)(C)c4ccc(C(C)(C)C)c(C(=O)c5cccc(S(=O)(=O)O)c5)c4)c3C#N)cc2)(C(F)(F)F)C(F)(F)F)cc1. The Bertz CT molecular complexity index is 3220. The van der Waals surface area contributed by atoms with Gasteiger partial charge in [0.1, 0.15) is 35.0 Å². The highest BCUT2D eigenvalue weighted by atomic mass is 32.2. The summed E-state index contributed by atoms with van der Waals surface area (Å²) in [7, 11) is -4.62. The third kappa shape index (κ3) is 9.85. The molecular weight excluding hydrogens is 955 g/mol. The van der Waals surface area contributed by atoms with Crippen LogP contribution in [-0.4, -0.2) is 31.1 Å². The normalized spacial score (nSPS) is 13.7. The summed E-state index contributed by atoms with van der Waals surface area (Å²) in [6.45, 7) is 18.4. The number of benzene rings is 6. The largest absolute Gasteiger partial charge is 0.481 e. The molecule has 72 heavy (non-hydrogen) atoms. The molecule has 0 amide bonds. The Morgan fingerprint density at radius 2 is 1.12 bits per heavy atom. The second-order valence-corrected chi connectivity index (χ2v) is 21.5. The number of aryl methyl sites for hydroxylation is 1. The van der Waals surface area contributed by atoms with Crippen molar-refractivity contribution in [3.05, 3.63) is 189 Å². The lowest BCUT2D eigenvalue weighted by atomic mass is 9.59. The van der Waals surface area contributed by atoms with Gasteiger partial charge in [0.05, 0.1) is 16.0 Å². The predicted molar refractivity (Wildman–Crippen MR) is 262 cm³/mol. The molecule has 1 N–H and O–H groups in total. The van der Waals surface area contributed by atoms with Gasteiger partial charge in [0.15, 0.2) is 5.78 Å². The Morgan fingerprint density at radius 1 is 0.611 bits per heavy atom. The highest BCUT2D eigenvalue weighted by Crippen LogP contribution is 2.57. The van der Waals surface area contributed by atoms with Crippen LogP contribution >= 0.6 is 0 Å². The Morgan fingerprint density at radius 3 is 1.65 bits per heavy atom. The molecule has 6 rings (SSSR count). The summed E-state index contributed by atoms with van der Waals surface area (Å²) in [4.78, 5) is 13.8. The van der Waals surface area contributed by atoms with Gasteiger partial charge < -0.3 is 9.47 Å². The topological polar surface area (TPSA) is 137 Å². The zero-order valence-corrected chi connectivity index (χ0v) is 42.2. The van der Waals surface area contributed by atoms with Crippen LogP contribution in [0.25, 0.3) is 0 Å². The van der Waals surface area contributed by atoms with Crippen molar-refractivity contribution in [2.45, 2.75) is 120 Å². The van der Waals surface area contributed by atoms with Crippen LogP contribution in [0.4, 0.5) is 26.3 Å². The first-order chi connectivity index (χ1) is 33.3. The smallest absolute Gasteiger partial charge is 0.411 e. The van der Waals surface area contributed by atoms with E-state index in [-0.39, 0.29) is 51.5 Å². The number of halogens is 6. The van der Waals surface area contributed by atoms with Crippen LogP contribution in [0.1, 0.15) is 135 Å². The van der Waals surface area contributed by atoms with Crippen molar-refractivity contribution in [3.63, 3.8) is 0 Å². The first kappa shape index (κ1) is 54.4. The molecule has 0 spiro atoms.